The number of thiazole rings is 1. The van der Waals surface area contributed by atoms with Crippen molar-refractivity contribution in [3.05, 3.63) is 33.2 Å². The van der Waals surface area contributed by atoms with Gasteiger partial charge in [-0.2, -0.15) is 0 Å². The van der Waals surface area contributed by atoms with Crippen molar-refractivity contribution < 1.29 is 9.59 Å². The predicted octanol–water partition coefficient (Wildman–Crippen LogP) is 4.77. The Kier molecular flexibility index (Phi) is 8.09. The Balaban J connectivity index is 1.24. The number of nitrogens with one attached hydrogen (secondary N) is 2. The standard InChI is InChI=1S/C24H28Cl2N6O2S2/c1-14-3-2-6-32(14)12-19-21(18-9-16(25)13-35-18)29-24(36-19)30-23(34)17-10-28-20(11-27-17)31-7-4-15(5-8-31)22(26)33/h9-11,13-15,20,28H,2-8,12H2,1H3,(H,29,30,34)/t14-,20?/m1/s1. The summed E-state index contributed by atoms with van der Waals surface area (Å²) in [6.07, 6.45) is 7.12. The van der Waals surface area contributed by atoms with Crippen LogP contribution in [0.2, 0.25) is 5.02 Å². The molecule has 2 aromatic heterocycles. The molecule has 8 nitrogen and oxygen atoms in total. The van der Waals surface area contributed by atoms with Crippen molar-refractivity contribution in [1.82, 2.24) is 20.1 Å². The van der Waals surface area contributed by atoms with Crippen LogP contribution < -0.4 is 10.6 Å². The van der Waals surface area contributed by atoms with E-state index < -0.39 is 0 Å². The molecule has 1 amide bonds. The Bertz CT molecular complexity index is 1190. The van der Waals surface area contributed by atoms with Crippen LogP contribution in [0.15, 0.2) is 28.3 Å². The lowest BCUT2D eigenvalue weighted by Crippen LogP contribution is -2.50. The topological polar surface area (TPSA) is 89.9 Å². The molecule has 0 spiro atoms. The first kappa shape index (κ1) is 25.8. The molecule has 2 N–H and O–H groups in total. The van der Waals surface area contributed by atoms with Gasteiger partial charge in [0.1, 0.15) is 11.9 Å². The zero-order chi connectivity index (χ0) is 25.2. The Morgan fingerprint density at radius 1 is 1.25 bits per heavy atom. The fourth-order valence-electron chi connectivity index (χ4n) is 4.84. The van der Waals surface area contributed by atoms with E-state index in [0.29, 0.717) is 21.9 Å². The maximum atomic E-state index is 13.0. The van der Waals surface area contributed by atoms with Crippen molar-refractivity contribution in [2.75, 3.05) is 25.0 Å². The number of piperidine rings is 1. The van der Waals surface area contributed by atoms with Gasteiger partial charge in [-0.3, -0.25) is 29.7 Å². The number of thiophene rings is 1. The normalized spacial score (nSPS) is 23.5. The molecular weight excluding hydrogens is 539 g/mol. The van der Waals surface area contributed by atoms with E-state index >= 15 is 0 Å². The smallest absolute Gasteiger partial charge is 0.277 e. The van der Waals surface area contributed by atoms with Crippen LogP contribution in [-0.4, -0.2) is 64.0 Å². The van der Waals surface area contributed by atoms with Crippen LogP contribution in [0, 0.1) is 5.92 Å². The molecule has 0 saturated carbocycles. The molecule has 2 saturated heterocycles. The van der Waals surface area contributed by atoms with Gasteiger partial charge in [0.2, 0.25) is 5.24 Å². The lowest BCUT2D eigenvalue weighted by atomic mass is 9.98. The van der Waals surface area contributed by atoms with E-state index in [1.165, 1.54) is 24.2 Å². The van der Waals surface area contributed by atoms with Crippen molar-refractivity contribution in [3.63, 3.8) is 0 Å². The number of aliphatic imine (C=N–C) groups is 1. The Morgan fingerprint density at radius 2 is 2.06 bits per heavy atom. The number of likely N-dealkylation sites (tertiary alicyclic amines) is 2. The van der Waals surface area contributed by atoms with E-state index in [0.717, 1.165) is 54.5 Å². The molecule has 0 aromatic carbocycles. The average Bonchev–Trinajstić information content (AvgIpc) is 3.60. The van der Waals surface area contributed by atoms with E-state index in [-0.39, 0.29) is 23.2 Å². The minimum atomic E-state index is -0.311. The number of aromatic nitrogens is 1. The van der Waals surface area contributed by atoms with Crippen LogP contribution in [-0.2, 0) is 16.1 Å². The predicted molar refractivity (Wildman–Crippen MR) is 147 cm³/mol. The molecule has 192 valence electrons. The van der Waals surface area contributed by atoms with Crippen molar-refractivity contribution in [3.8, 4) is 10.6 Å². The number of rotatable bonds is 7. The van der Waals surface area contributed by atoms with Crippen molar-refractivity contribution in [2.45, 2.75) is 51.4 Å². The fraction of sp³-hybridized carbons (Fsp3) is 0.500. The zero-order valence-electron chi connectivity index (χ0n) is 19.9. The molecule has 0 bridgehead atoms. The molecule has 36 heavy (non-hydrogen) atoms. The minimum absolute atomic E-state index is 0.0766. The second-order valence-electron chi connectivity index (χ2n) is 9.37. The van der Waals surface area contributed by atoms with E-state index in [4.69, 9.17) is 28.2 Å². The highest BCUT2D eigenvalue weighted by Gasteiger charge is 2.29. The summed E-state index contributed by atoms with van der Waals surface area (Å²) in [5.41, 5.74) is 1.17. The van der Waals surface area contributed by atoms with Gasteiger partial charge in [-0.05, 0) is 56.8 Å². The maximum Gasteiger partial charge on any atom is 0.277 e. The number of halogens is 2. The first-order valence-corrected chi connectivity index (χ1v) is 14.6. The molecule has 5 heterocycles. The average molecular weight is 568 g/mol. The molecule has 2 fully saturated rings. The van der Waals surface area contributed by atoms with Crippen LogP contribution in [0.5, 0.6) is 0 Å². The third kappa shape index (κ3) is 5.84. The van der Waals surface area contributed by atoms with Gasteiger partial charge in [0.15, 0.2) is 5.13 Å². The fourth-order valence-corrected chi connectivity index (χ4v) is 7.21. The number of nitrogens with zero attached hydrogens (tertiary/aromatic N) is 4. The second kappa shape index (κ2) is 11.3. The summed E-state index contributed by atoms with van der Waals surface area (Å²) in [6, 6.07) is 2.46. The number of hydrogen-bond acceptors (Lipinski definition) is 9. The van der Waals surface area contributed by atoms with Gasteiger partial charge >= 0.3 is 0 Å². The first-order chi connectivity index (χ1) is 17.4. The van der Waals surface area contributed by atoms with Crippen molar-refractivity contribution >= 4 is 68.4 Å². The van der Waals surface area contributed by atoms with Gasteiger partial charge in [-0.15, -0.1) is 11.3 Å². The van der Waals surface area contributed by atoms with Crippen LogP contribution in [0.1, 0.15) is 37.5 Å². The van der Waals surface area contributed by atoms with Gasteiger partial charge in [-0.1, -0.05) is 22.9 Å². The summed E-state index contributed by atoms with van der Waals surface area (Å²) in [5, 5.41) is 9.06. The van der Waals surface area contributed by atoms with Crippen molar-refractivity contribution in [1.29, 1.82) is 0 Å². The molecule has 5 rings (SSSR count). The van der Waals surface area contributed by atoms with Gasteiger partial charge in [0, 0.05) is 54.3 Å². The van der Waals surface area contributed by atoms with E-state index in [1.807, 2.05) is 11.4 Å². The number of amides is 1. The van der Waals surface area contributed by atoms with E-state index in [1.54, 1.807) is 23.8 Å². The van der Waals surface area contributed by atoms with Crippen LogP contribution in [0.4, 0.5) is 5.13 Å². The van der Waals surface area contributed by atoms with Crippen LogP contribution >= 0.6 is 45.9 Å². The van der Waals surface area contributed by atoms with Gasteiger partial charge < -0.3 is 5.32 Å². The Labute approximate surface area is 228 Å². The lowest BCUT2D eigenvalue weighted by Gasteiger charge is -2.35. The highest BCUT2D eigenvalue weighted by Crippen LogP contribution is 2.38. The third-order valence-corrected chi connectivity index (χ3v) is 9.53. The molecule has 3 aliphatic rings. The minimum Gasteiger partial charge on any atom is -0.369 e. The molecule has 2 atom stereocenters. The maximum absolute atomic E-state index is 13.0. The number of carbonyl (C=O) groups is 2. The molecule has 3 aliphatic heterocycles. The number of anilines is 1. The summed E-state index contributed by atoms with van der Waals surface area (Å²) in [5.74, 6) is -0.387. The SMILES string of the molecule is C[C@@H]1CCCN1Cc1sc(NC(=O)C2=CNC(N3CCC(C(=O)Cl)CC3)C=N2)nc1-c1cc(Cl)cs1. The molecular formula is C24H28Cl2N6O2S2. The zero-order valence-corrected chi connectivity index (χ0v) is 23.0. The highest BCUT2D eigenvalue weighted by atomic mass is 35.5. The molecule has 0 radical (unpaired) electrons. The van der Waals surface area contributed by atoms with E-state index in [9.17, 15) is 9.59 Å². The molecule has 0 aliphatic carbocycles. The summed E-state index contributed by atoms with van der Waals surface area (Å²) in [4.78, 5) is 40.3. The molecule has 12 heteroatoms. The number of carbonyl (C=O) groups excluding carboxylic acids is 2. The summed E-state index contributed by atoms with van der Waals surface area (Å²) in [7, 11) is 0. The van der Waals surface area contributed by atoms with E-state index in [2.05, 4.69) is 32.3 Å². The Morgan fingerprint density at radius 3 is 2.67 bits per heavy atom. The largest absolute Gasteiger partial charge is 0.369 e. The summed E-state index contributed by atoms with van der Waals surface area (Å²) >= 11 is 14.9. The summed E-state index contributed by atoms with van der Waals surface area (Å²) in [6.45, 7) is 5.62. The first-order valence-electron chi connectivity index (χ1n) is 12.1. The summed E-state index contributed by atoms with van der Waals surface area (Å²) < 4.78 is 0. The lowest BCUT2D eigenvalue weighted by molar-refractivity contribution is -0.116. The number of hydrogen-bond donors (Lipinski definition) is 2. The quantitative estimate of drug-likeness (QED) is 0.469. The third-order valence-electron chi connectivity index (χ3n) is 6.98. The van der Waals surface area contributed by atoms with Crippen LogP contribution in [0.25, 0.3) is 10.6 Å². The molecule has 2 aromatic rings. The van der Waals surface area contributed by atoms with Crippen molar-refractivity contribution in [2.24, 2.45) is 10.9 Å². The monoisotopic (exact) mass is 566 g/mol. The van der Waals surface area contributed by atoms with Gasteiger partial charge in [-0.25, -0.2) is 4.98 Å². The van der Waals surface area contributed by atoms with Gasteiger partial charge in [0.05, 0.1) is 15.6 Å². The second-order valence-corrected chi connectivity index (χ2v) is 12.2. The Hall–Kier alpha value is -1.82. The highest BCUT2D eigenvalue weighted by molar-refractivity contribution is 7.17. The van der Waals surface area contributed by atoms with Gasteiger partial charge in [0.25, 0.3) is 5.91 Å². The molecule has 1 unspecified atom stereocenters. The van der Waals surface area contributed by atoms with Crippen LogP contribution in [0.3, 0.4) is 0 Å².